The Labute approximate surface area is 136 Å². The molecule has 2 heterocycles. The standard InChI is InChI=1S/C14H14BrIN4/c1-20-7-5-11-12(15)3-2-10(14(11)20)4-6-17-13-8-16-19-9-18-13/h2-3,5,7-9H,4,6H2,1H3,(H,17,18,19). The Balaban J connectivity index is 1.81. The first-order valence-corrected chi connectivity index (χ1v) is 9.27. The van der Waals surface area contributed by atoms with Gasteiger partial charge in [0.25, 0.3) is 0 Å². The Hall–Kier alpha value is -1.02. The van der Waals surface area contributed by atoms with Gasteiger partial charge in [0.2, 0.25) is 0 Å². The van der Waals surface area contributed by atoms with Crippen LogP contribution in [0.5, 0.6) is 0 Å². The molecule has 3 rings (SSSR count). The quantitative estimate of drug-likeness (QED) is 0.725. The maximum Gasteiger partial charge on any atom is 0.133 e. The molecule has 0 saturated heterocycles. The Kier molecular flexibility index (Phi) is 4.30. The average Bonchev–Trinajstić information content (AvgIpc) is 2.86. The first-order valence-electron chi connectivity index (χ1n) is 6.27. The van der Waals surface area contributed by atoms with Crippen molar-refractivity contribution in [2.75, 3.05) is 6.54 Å². The van der Waals surface area contributed by atoms with Gasteiger partial charge in [-0.25, -0.2) is 3.21 Å². The zero-order valence-electron chi connectivity index (χ0n) is 11.0. The maximum atomic E-state index is 4.59. The van der Waals surface area contributed by atoms with E-state index in [0.717, 1.165) is 23.3 Å². The van der Waals surface area contributed by atoms with Crippen molar-refractivity contribution in [1.82, 2.24) is 9.88 Å². The van der Waals surface area contributed by atoms with Crippen LogP contribution in [0.1, 0.15) is 5.56 Å². The van der Waals surface area contributed by atoms with E-state index in [9.17, 15) is 0 Å². The SMILES string of the molecule is Cn1ccc2c(Br)ccc(CCN=C3C=IN=CN3)c21. The Morgan fingerprint density at radius 1 is 1.40 bits per heavy atom. The van der Waals surface area contributed by atoms with Gasteiger partial charge in [0.05, 0.1) is 11.9 Å². The second-order valence-electron chi connectivity index (χ2n) is 4.49. The largest absolute Gasteiger partial charge is 0.350 e. The summed E-state index contributed by atoms with van der Waals surface area (Å²) in [5, 5.41) is 4.34. The van der Waals surface area contributed by atoms with Crippen LogP contribution in [0.4, 0.5) is 0 Å². The van der Waals surface area contributed by atoms with E-state index in [1.54, 1.807) is 6.34 Å². The topological polar surface area (TPSA) is 41.7 Å². The molecule has 0 radical (unpaired) electrons. The van der Waals surface area contributed by atoms with Crippen molar-refractivity contribution in [3.05, 3.63) is 34.4 Å². The molecule has 0 bridgehead atoms. The number of rotatable bonds is 3. The van der Waals surface area contributed by atoms with Gasteiger partial charge in [-0.2, -0.15) is 0 Å². The number of benzene rings is 1. The number of nitrogens with zero attached hydrogens (tertiary/aromatic N) is 3. The van der Waals surface area contributed by atoms with E-state index in [0.29, 0.717) is 0 Å². The van der Waals surface area contributed by atoms with E-state index >= 15 is 0 Å². The molecule has 20 heavy (non-hydrogen) atoms. The molecule has 1 aromatic carbocycles. The van der Waals surface area contributed by atoms with Crippen molar-refractivity contribution < 1.29 is 0 Å². The van der Waals surface area contributed by atoms with Crippen LogP contribution in [0, 0.1) is 0 Å². The van der Waals surface area contributed by atoms with Crippen LogP contribution in [0.2, 0.25) is 0 Å². The zero-order valence-corrected chi connectivity index (χ0v) is 14.7. The summed E-state index contributed by atoms with van der Waals surface area (Å²) >= 11 is 3.42. The molecule has 0 atom stereocenters. The molecule has 1 aliphatic heterocycles. The van der Waals surface area contributed by atoms with E-state index in [4.69, 9.17) is 0 Å². The molecular formula is C14H14BrIN4. The van der Waals surface area contributed by atoms with E-state index < -0.39 is 0 Å². The van der Waals surface area contributed by atoms with Crippen molar-refractivity contribution >= 4 is 64.0 Å². The smallest absolute Gasteiger partial charge is 0.133 e. The lowest BCUT2D eigenvalue weighted by molar-refractivity contribution is 0.928. The summed E-state index contributed by atoms with van der Waals surface area (Å²) in [6, 6.07) is 6.44. The molecule has 1 N–H and O–H groups in total. The van der Waals surface area contributed by atoms with Crippen LogP contribution < -0.4 is 5.32 Å². The van der Waals surface area contributed by atoms with Gasteiger partial charge in [-0.1, -0.05) is 22.0 Å². The lowest BCUT2D eigenvalue weighted by atomic mass is 10.1. The number of aromatic nitrogens is 1. The predicted molar refractivity (Wildman–Crippen MR) is 98.3 cm³/mol. The number of hydrogen-bond donors (Lipinski definition) is 1. The number of nitrogens with one attached hydrogen (secondary N) is 1. The molecule has 1 aliphatic rings. The van der Waals surface area contributed by atoms with Crippen molar-refractivity contribution in [2.45, 2.75) is 6.42 Å². The molecule has 1 aromatic heterocycles. The summed E-state index contributed by atoms with van der Waals surface area (Å²) in [6.45, 7) is 0.790. The first-order chi connectivity index (χ1) is 9.75. The zero-order chi connectivity index (χ0) is 13.9. The van der Waals surface area contributed by atoms with Gasteiger partial charge in [0.1, 0.15) is 5.84 Å². The van der Waals surface area contributed by atoms with Gasteiger partial charge in [-0.3, -0.25) is 4.99 Å². The lowest BCUT2D eigenvalue weighted by Crippen LogP contribution is -2.24. The highest BCUT2D eigenvalue weighted by atomic mass is 127. The van der Waals surface area contributed by atoms with Crippen LogP contribution in [0.25, 0.3) is 10.9 Å². The number of hydrogen-bond acceptors (Lipinski definition) is 2. The number of fused-ring (bicyclic) bond motifs is 1. The van der Waals surface area contributed by atoms with Crippen molar-refractivity contribution in [3.8, 4) is 0 Å². The van der Waals surface area contributed by atoms with Crippen molar-refractivity contribution in [2.24, 2.45) is 15.2 Å². The molecule has 6 heteroatoms. The summed E-state index contributed by atoms with van der Waals surface area (Å²) in [6.07, 6.45) is 4.79. The normalized spacial score (nSPS) is 16.4. The Bertz CT molecular complexity index is 730. The Morgan fingerprint density at radius 2 is 2.30 bits per heavy atom. The van der Waals surface area contributed by atoms with Crippen LogP contribution in [-0.2, 0) is 13.5 Å². The molecule has 4 nitrogen and oxygen atoms in total. The van der Waals surface area contributed by atoms with Crippen LogP contribution in [0.15, 0.2) is 37.1 Å². The third-order valence-electron chi connectivity index (χ3n) is 3.20. The third kappa shape index (κ3) is 2.85. The molecular weight excluding hydrogens is 431 g/mol. The fourth-order valence-corrected chi connectivity index (χ4v) is 3.82. The van der Waals surface area contributed by atoms with E-state index in [-0.39, 0.29) is 21.0 Å². The highest BCUT2D eigenvalue weighted by Gasteiger charge is 2.07. The third-order valence-corrected chi connectivity index (χ3v) is 5.36. The van der Waals surface area contributed by atoms with Gasteiger partial charge in [0.15, 0.2) is 0 Å². The average molecular weight is 445 g/mol. The first kappa shape index (κ1) is 13.9. The molecule has 0 aliphatic carbocycles. The van der Waals surface area contributed by atoms with Gasteiger partial charge in [-0.15, -0.1) is 0 Å². The van der Waals surface area contributed by atoms with Gasteiger partial charge < -0.3 is 9.88 Å². The fraction of sp³-hybridized carbons (Fsp3) is 0.214. The summed E-state index contributed by atoms with van der Waals surface area (Å²) in [5.41, 5.74) is 2.62. The molecule has 0 amide bonds. The fourth-order valence-electron chi connectivity index (χ4n) is 2.27. The summed E-state index contributed by atoms with van der Waals surface area (Å²) in [4.78, 5) is 4.59. The maximum absolute atomic E-state index is 4.59. The molecule has 104 valence electrons. The molecule has 0 saturated carbocycles. The number of amidine groups is 1. The number of aryl methyl sites for hydroxylation is 1. The summed E-state index contributed by atoms with van der Waals surface area (Å²) in [7, 11) is 2.08. The molecule has 2 aromatic rings. The lowest BCUT2D eigenvalue weighted by Gasteiger charge is -2.07. The van der Waals surface area contributed by atoms with E-state index in [2.05, 4.69) is 69.5 Å². The van der Waals surface area contributed by atoms with E-state index in [1.807, 2.05) is 0 Å². The minimum absolute atomic E-state index is 0.188. The highest BCUT2D eigenvalue weighted by molar-refractivity contribution is 14.2. The van der Waals surface area contributed by atoms with Gasteiger partial charge in [0, 0.05) is 54.7 Å². The number of halogens is 2. The molecule has 0 unspecified atom stereocenters. The summed E-state index contributed by atoms with van der Waals surface area (Å²) < 4.78 is 9.60. The molecule has 0 fully saturated rings. The van der Waals surface area contributed by atoms with Gasteiger partial charge in [-0.05, 0) is 24.1 Å². The minimum atomic E-state index is -0.188. The monoisotopic (exact) mass is 444 g/mol. The summed E-state index contributed by atoms with van der Waals surface area (Å²) in [5.74, 6) is 0.966. The molecule has 0 spiro atoms. The van der Waals surface area contributed by atoms with Crippen LogP contribution in [-0.4, -0.2) is 27.3 Å². The van der Waals surface area contributed by atoms with Crippen LogP contribution in [0.3, 0.4) is 0 Å². The second kappa shape index (κ2) is 6.17. The van der Waals surface area contributed by atoms with Crippen molar-refractivity contribution in [3.63, 3.8) is 0 Å². The van der Waals surface area contributed by atoms with Crippen LogP contribution >= 0.6 is 36.9 Å². The van der Waals surface area contributed by atoms with Crippen molar-refractivity contribution in [1.29, 1.82) is 0 Å². The van der Waals surface area contributed by atoms with Gasteiger partial charge >= 0.3 is 0 Å². The van der Waals surface area contributed by atoms with E-state index in [1.165, 1.54) is 16.5 Å². The predicted octanol–water partition coefficient (Wildman–Crippen LogP) is 3.20. The minimum Gasteiger partial charge on any atom is -0.350 e. The number of aliphatic imine (C=N–C) groups is 1. The Morgan fingerprint density at radius 3 is 3.10 bits per heavy atom. The highest BCUT2D eigenvalue weighted by Crippen LogP contribution is 2.27. The second-order valence-corrected chi connectivity index (χ2v) is 7.08.